The van der Waals surface area contributed by atoms with Gasteiger partial charge in [0.05, 0.1) is 21.3 Å². The van der Waals surface area contributed by atoms with Crippen molar-refractivity contribution in [2.75, 3.05) is 21.3 Å². The van der Waals surface area contributed by atoms with E-state index in [9.17, 15) is 21.6 Å². The third kappa shape index (κ3) is 3.81. The fourth-order valence-corrected chi connectivity index (χ4v) is 3.85. The second-order valence-corrected chi connectivity index (χ2v) is 7.87. The van der Waals surface area contributed by atoms with Crippen LogP contribution in [-0.4, -0.2) is 35.3 Å². The van der Waals surface area contributed by atoms with E-state index in [0.717, 1.165) is 17.5 Å². The van der Waals surface area contributed by atoms with Crippen LogP contribution in [0.1, 0.15) is 17.5 Å². The Labute approximate surface area is 166 Å². The van der Waals surface area contributed by atoms with Crippen LogP contribution in [0.3, 0.4) is 0 Å². The Hall–Kier alpha value is -2.62. The van der Waals surface area contributed by atoms with Crippen LogP contribution >= 0.6 is 0 Å². The van der Waals surface area contributed by atoms with Crippen molar-refractivity contribution in [3.63, 3.8) is 0 Å². The minimum absolute atomic E-state index is 0.329. The summed E-state index contributed by atoms with van der Waals surface area (Å²) < 4.78 is 81.5. The number of methoxy groups -OCH3 is 3. The third-order valence-electron chi connectivity index (χ3n) is 4.64. The summed E-state index contributed by atoms with van der Waals surface area (Å²) in [5.74, 6) is 0.695. The fourth-order valence-electron chi connectivity index (χ4n) is 3.40. The van der Waals surface area contributed by atoms with Crippen LogP contribution in [0.4, 0.5) is 13.2 Å². The number of hydrogen-bond acceptors (Lipinski definition) is 6. The summed E-state index contributed by atoms with van der Waals surface area (Å²) in [4.78, 5) is 0. The first-order valence-corrected chi connectivity index (χ1v) is 9.99. The molecule has 29 heavy (non-hydrogen) atoms. The molecule has 6 nitrogen and oxygen atoms in total. The fraction of sp³-hybridized carbons (Fsp3) is 0.368. The molecule has 3 rings (SSSR count). The molecule has 0 aromatic heterocycles. The molecule has 0 unspecified atom stereocenters. The van der Waals surface area contributed by atoms with E-state index in [1.165, 1.54) is 33.5 Å². The number of ether oxygens (including phenoxy) is 3. The maximum Gasteiger partial charge on any atom is 0.534 e. The third-order valence-corrected chi connectivity index (χ3v) is 5.62. The number of alkyl halides is 3. The highest BCUT2D eigenvalue weighted by Gasteiger charge is 2.48. The van der Waals surface area contributed by atoms with Crippen LogP contribution in [0.2, 0.25) is 0 Å². The van der Waals surface area contributed by atoms with Crippen LogP contribution in [-0.2, 0) is 23.0 Å². The van der Waals surface area contributed by atoms with Crippen LogP contribution in [0.15, 0.2) is 24.3 Å². The normalized spacial score (nSPS) is 13.7. The molecule has 1 aliphatic carbocycles. The Bertz CT molecular complexity index is 1030. The Morgan fingerprint density at radius 1 is 0.897 bits per heavy atom. The average Bonchev–Trinajstić information content (AvgIpc) is 2.84. The summed E-state index contributed by atoms with van der Waals surface area (Å²) in [6.07, 6.45) is 2.08. The lowest BCUT2D eigenvalue weighted by molar-refractivity contribution is -0.0500. The van der Waals surface area contributed by atoms with E-state index in [0.29, 0.717) is 41.2 Å². The summed E-state index contributed by atoms with van der Waals surface area (Å²) in [6.45, 7) is 0. The lowest BCUT2D eigenvalue weighted by atomic mass is 9.94. The predicted molar refractivity (Wildman–Crippen MR) is 99.2 cm³/mol. The first kappa shape index (κ1) is 21.1. The van der Waals surface area contributed by atoms with Gasteiger partial charge in [-0.2, -0.15) is 21.6 Å². The first-order chi connectivity index (χ1) is 13.6. The molecule has 0 saturated heterocycles. The highest BCUT2D eigenvalue weighted by molar-refractivity contribution is 7.88. The van der Waals surface area contributed by atoms with Gasteiger partial charge in [0.15, 0.2) is 11.5 Å². The first-order valence-electron chi connectivity index (χ1n) is 8.58. The van der Waals surface area contributed by atoms with Crippen molar-refractivity contribution in [1.29, 1.82) is 0 Å². The Morgan fingerprint density at radius 2 is 1.55 bits per heavy atom. The molecule has 0 atom stereocenters. The van der Waals surface area contributed by atoms with Crippen LogP contribution < -0.4 is 18.4 Å². The number of fused-ring (bicyclic) bond motifs is 3. The lowest BCUT2D eigenvalue weighted by Gasteiger charge is -2.20. The molecule has 0 fully saturated rings. The largest absolute Gasteiger partial charge is 0.534 e. The monoisotopic (exact) mass is 432 g/mol. The molecule has 0 heterocycles. The number of aryl methyl sites for hydroxylation is 2. The molecule has 0 radical (unpaired) electrons. The molecule has 1 aliphatic rings. The van der Waals surface area contributed by atoms with Gasteiger partial charge >= 0.3 is 15.6 Å². The van der Waals surface area contributed by atoms with Crippen LogP contribution in [0, 0.1) is 0 Å². The van der Waals surface area contributed by atoms with E-state index in [-0.39, 0.29) is 0 Å². The maximum absolute atomic E-state index is 12.7. The smallest absolute Gasteiger partial charge is 0.493 e. The average molecular weight is 432 g/mol. The second kappa shape index (κ2) is 7.66. The SMILES string of the molecule is COc1cc2c(c(OC)c1OC)-c1cc(OS(=O)(=O)C(F)(F)F)ccc1CCC2. The Kier molecular flexibility index (Phi) is 5.57. The molecule has 0 saturated carbocycles. The highest BCUT2D eigenvalue weighted by atomic mass is 32.2. The zero-order valence-corrected chi connectivity index (χ0v) is 16.7. The van der Waals surface area contributed by atoms with Crippen molar-refractivity contribution in [2.24, 2.45) is 0 Å². The molecule has 0 amide bonds. The van der Waals surface area contributed by atoms with Gasteiger partial charge in [0.2, 0.25) is 5.75 Å². The highest BCUT2D eigenvalue weighted by Crippen LogP contribution is 2.49. The van der Waals surface area contributed by atoms with E-state index in [2.05, 4.69) is 4.18 Å². The van der Waals surface area contributed by atoms with Gasteiger partial charge in [-0.1, -0.05) is 6.07 Å². The van der Waals surface area contributed by atoms with E-state index in [1.54, 1.807) is 12.1 Å². The van der Waals surface area contributed by atoms with Crippen molar-refractivity contribution < 1.29 is 40.0 Å². The van der Waals surface area contributed by atoms with E-state index in [4.69, 9.17) is 14.2 Å². The molecule has 2 aromatic rings. The summed E-state index contributed by atoms with van der Waals surface area (Å²) in [5, 5.41) is 0. The van der Waals surface area contributed by atoms with Gasteiger partial charge in [-0.15, -0.1) is 0 Å². The van der Waals surface area contributed by atoms with Gasteiger partial charge in [0.1, 0.15) is 5.75 Å². The maximum atomic E-state index is 12.7. The zero-order valence-electron chi connectivity index (χ0n) is 15.9. The van der Waals surface area contributed by atoms with Gasteiger partial charge < -0.3 is 18.4 Å². The van der Waals surface area contributed by atoms with Gasteiger partial charge in [0, 0.05) is 5.56 Å². The molecule has 0 bridgehead atoms. The number of halogens is 3. The summed E-state index contributed by atoms with van der Waals surface area (Å²) in [6, 6.07) is 5.82. The minimum atomic E-state index is -5.78. The quantitative estimate of drug-likeness (QED) is 0.524. The van der Waals surface area contributed by atoms with Crippen molar-refractivity contribution in [1.82, 2.24) is 0 Å². The van der Waals surface area contributed by atoms with E-state index >= 15 is 0 Å². The number of hydrogen-bond donors (Lipinski definition) is 0. The standard InChI is InChI=1S/C19H19F3O6S/c1-25-15-9-12-6-4-5-11-7-8-13(28-29(23,24)19(20,21)22)10-14(11)16(12)18(27-3)17(15)26-2/h7-10H,4-6H2,1-3H3. The summed E-state index contributed by atoms with van der Waals surface area (Å²) >= 11 is 0. The predicted octanol–water partition coefficient (Wildman–Crippen LogP) is 4.10. The second-order valence-electron chi connectivity index (χ2n) is 6.34. The van der Waals surface area contributed by atoms with Crippen molar-refractivity contribution >= 4 is 10.1 Å². The lowest BCUT2D eigenvalue weighted by Crippen LogP contribution is -2.28. The van der Waals surface area contributed by atoms with Gasteiger partial charge in [-0.25, -0.2) is 0 Å². The van der Waals surface area contributed by atoms with E-state index < -0.39 is 21.4 Å². The summed E-state index contributed by atoms with van der Waals surface area (Å²) in [5.41, 5.74) is -2.73. The molecule has 0 spiro atoms. The summed E-state index contributed by atoms with van der Waals surface area (Å²) in [7, 11) is -1.41. The molecule has 2 aromatic carbocycles. The molecule has 158 valence electrons. The van der Waals surface area contributed by atoms with Gasteiger partial charge in [0.25, 0.3) is 0 Å². The zero-order chi connectivity index (χ0) is 21.4. The Morgan fingerprint density at radius 3 is 2.14 bits per heavy atom. The van der Waals surface area contributed by atoms with Gasteiger partial charge in [-0.3, -0.25) is 0 Å². The van der Waals surface area contributed by atoms with Crippen molar-refractivity contribution in [3.8, 4) is 34.1 Å². The van der Waals surface area contributed by atoms with Crippen molar-refractivity contribution in [2.45, 2.75) is 24.8 Å². The molecule has 0 aliphatic heterocycles. The topological polar surface area (TPSA) is 71.1 Å². The van der Waals surface area contributed by atoms with Crippen LogP contribution in [0.5, 0.6) is 23.0 Å². The Balaban J connectivity index is 2.22. The number of rotatable bonds is 5. The van der Waals surface area contributed by atoms with Crippen LogP contribution in [0.25, 0.3) is 11.1 Å². The molecular formula is C19H19F3O6S. The molecule has 0 N–H and O–H groups in total. The van der Waals surface area contributed by atoms with Crippen molar-refractivity contribution in [3.05, 3.63) is 35.4 Å². The molecular weight excluding hydrogens is 413 g/mol. The minimum Gasteiger partial charge on any atom is -0.493 e. The molecule has 10 heteroatoms. The number of benzene rings is 2. The van der Waals surface area contributed by atoms with E-state index in [1.807, 2.05) is 0 Å². The van der Waals surface area contributed by atoms with Gasteiger partial charge in [-0.05, 0) is 54.2 Å².